The van der Waals surface area contributed by atoms with Gasteiger partial charge in [-0.2, -0.15) is 9.97 Å². The quantitative estimate of drug-likeness (QED) is 0.249. The van der Waals surface area contributed by atoms with Gasteiger partial charge in [-0.1, -0.05) is 71.8 Å². The van der Waals surface area contributed by atoms with Gasteiger partial charge in [-0.05, 0) is 49.1 Å². The summed E-state index contributed by atoms with van der Waals surface area (Å²) in [6.45, 7) is 4.56. The van der Waals surface area contributed by atoms with Crippen LogP contribution in [0.1, 0.15) is 33.4 Å². The maximum Gasteiger partial charge on any atom is 0.348 e. The predicted molar refractivity (Wildman–Crippen MR) is 156 cm³/mol. The number of carboxylic acids is 1. The van der Waals surface area contributed by atoms with E-state index in [2.05, 4.69) is 9.97 Å². The van der Waals surface area contributed by atoms with E-state index in [1.165, 1.54) is 7.11 Å². The van der Waals surface area contributed by atoms with Gasteiger partial charge in [-0.3, -0.25) is 0 Å². The molecule has 1 atom stereocenters. The van der Waals surface area contributed by atoms with Crippen molar-refractivity contribution < 1.29 is 33.6 Å². The van der Waals surface area contributed by atoms with Gasteiger partial charge in [0.2, 0.25) is 17.9 Å². The number of hydrogen-bond acceptors (Lipinski definition) is 8. The van der Waals surface area contributed by atoms with Crippen LogP contribution in [0.25, 0.3) is 0 Å². The molecule has 3 aromatic carbocycles. The van der Waals surface area contributed by atoms with Gasteiger partial charge in [0.25, 0.3) is 0 Å². The molecule has 5 rings (SSSR count). The van der Waals surface area contributed by atoms with Crippen molar-refractivity contribution in [2.45, 2.75) is 38.4 Å². The van der Waals surface area contributed by atoms with Crippen molar-refractivity contribution in [2.75, 3.05) is 27.4 Å². The highest BCUT2D eigenvalue weighted by molar-refractivity contribution is 5.76. The molecule has 1 aromatic heterocycles. The molecule has 4 aromatic rings. The fourth-order valence-electron chi connectivity index (χ4n) is 5.08. The summed E-state index contributed by atoms with van der Waals surface area (Å²) in [5.41, 5.74) is 3.42. The molecule has 218 valence electrons. The zero-order valence-electron chi connectivity index (χ0n) is 24.1. The standard InChI is InChI=1S/C33H34N2O7/c1-21-5-11-24(12-6-21)33(25-13-7-22(2)8-14-25,41-20-17-23-9-15-26(38-3)16-10-23)28(31(36)37)42-32-34-29(39-4)27-18-19-40-30(27)35-32/h5-16,28H,17-20H2,1-4H3,(H,36,37). The molecule has 1 N–H and O–H groups in total. The molecule has 0 spiro atoms. The molecule has 2 heterocycles. The van der Waals surface area contributed by atoms with Crippen molar-refractivity contribution in [1.82, 2.24) is 9.97 Å². The monoisotopic (exact) mass is 570 g/mol. The summed E-state index contributed by atoms with van der Waals surface area (Å²) in [6, 6.07) is 22.7. The molecular weight excluding hydrogens is 536 g/mol. The van der Waals surface area contributed by atoms with Gasteiger partial charge in [0, 0.05) is 6.42 Å². The number of aromatic nitrogens is 2. The topological polar surface area (TPSA) is 109 Å². The van der Waals surface area contributed by atoms with Crippen molar-refractivity contribution in [1.29, 1.82) is 0 Å². The lowest BCUT2D eigenvalue weighted by atomic mass is 9.80. The molecule has 1 aliphatic rings. The third-order valence-corrected chi connectivity index (χ3v) is 7.35. The number of aliphatic carboxylic acids is 1. The summed E-state index contributed by atoms with van der Waals surface area (Å²) in [5.74, 6) is 0.108. The van der Waals surface area contributed by atoms with E-state index in [-0.39, 0.29) is 18.5 Å². The Balaban J connectivity index is 1.61. The number of rotatable bonds is 12. The lowest BCUT2D eigenvalue weighted by Gasteiger charge is -2.39. The van der Waals surface area contributed by atoms with Crippen LogP contribution in [-0.2, 0) is 28.0 Å². The highest BCUT2D eigenvalue weighted by atomic mass is 16.6. The summed E-state index contributed by atoms with van der Waals surface area (Å²) in [4.78, 5) is 22.0. The molecule has 9 nitrogen and oxygen atoms in total. The Morgan fingerprint density at radius 3 is 2.07 bits per heavy atom. The number of fused-ring (bicyclic) bond motifs is 1. The fourth-order valence-corrected chi connectivity index (χ4v) is 5.08. The van der Waals surface area contributed by atoms with E-state index in [1.807, 2.05) is 86.6 Å². The van der Waals surface area contributed by atoms with Crippen LogP contribution in [0.5, 0.6) is 23.5 Å². The molecule has 0 radical (unpaired) electrons. The van der Waals surface area contributed by atoms with E-state index < -0.39 is 17.7 Å². The number of carbonyl (C=O) groups is 1. The minimum Gasteiger partial charge on any atom is -0.497 e. The van der Waals surface area contributed by atoms with Crippen LogP contribution in [0.2, 0.25) is 0 Å². The summed E-state index contributed by atoms with van der Waals surface area (Å²) in [7, 11) is 3.11. The normalized spacial score (nSPS) is 13.1. The Labute approximate surface area is 245 Å². The minimum atomic E-state index is -1.58. The molecule has 0 saturated carbocycles. The summed E-state index contributed by atoms with van der Waals surface area (Å²) < 4.78 is 29.3. The summed E-state index contributed by atoms with van der Waals surface area (Å²) >= 11 is 0. The average Bonchev–Trinajstić information content (AvgIpc) is 3.48. The SMILES string of the molecule is COc1ccc(CCOC(c2ccc(C)cc2)(c2ccc(C)cc2)C(Oc2nc(OC)c3c(n2)OCC3)C(=O)O)cc1. The summed E-state index contributed by atoms with van der Waals surface area (Å²) in [5, 5.41) is 10.8. The Morgan fingerprint density at radius 2 is 1.52 bits per heavy atom. The molecule has 0 aliphatic carbocycles. The van der Waals surface area contributed by atoms with Crippen molar-refractivity contribution in [3.8, 4) is 23.5 Å². The van der Waals surface area contributed by atoms with Crippen LogP contribution in [0.3, 0.4) is 0 Å². The number of aryl methyl sites for hydroxylation is 2. The van der Waals surface area contributed by atoms with E-state index in [9.17, 15) is 9.90 Å². The molecule has 1 unspecified atom stereocenters. The first-order valence-electron chi connectivity index (χ1n) is 13.7. The van der Waals surface area contributed by atoms with Crippen LogP contribution in [0, 0.1) is 13.8 Å². The third-order valence-electron chi connectivity index (χ3n) is 7.35. The molecule has 0 fully saturated rings. The second-order valence-electron chi connectivity index (χ2n) is 10.1. The first-order valence-corrected chi connectivity index (χ1v) is 13.7. The Hall–Kier alpha value is -4.63. The number of methoxy groups -OCH3 is 2. The number of benzene rings is 3. The third kappa shape index (κ3) is 5.87. The molecular formula is C33H34N2O7. The zero-order valence-corrected chi connectivity index (χ0v) is 24.1. The van der Waals surface area contributed by atoms with E-state index >= 15 is 0 Å². The van der Waals surface area contributed by atoms with E-state index in [1.54, 1.807) is 7.11 Å². The molecule has 9 heteroatoms. The van der Waals surface area contributed by atoms with Gasteiger partial charge in [-0.15, -0.1) is 0 Å². The second kappa shape index (κ2) is 12.5. The Morgan fingerprint density at radius 1 is 0.905 bits per heavy atom. The number of carboxylic acid groups (broad SMARTS) is 1. The summed E-state index contributed by atoms with van der Waals surface area (Å²) in [6.07, 6.45) is -0.470. The highest BCUT2D eigenvalue weighted by Crippen LogP contribution is 2.41. The average molecular weight is 571 g/mol. The Bertz CT molecular complexity index is 1470. The first-order chi connectivity index (χ1) is 20.3. The molecule has 0 saturated heterocycles. The van der Waals surface area contributed by atoms with E-state index in [0.717, 1.165) is 28.0 Å². The minimum absolute atomic E-state index is 0.178. The van der Waals surface area contributed by atoms with Crippen molar-refractivity contribution in [3.63, 3.8) is 0 Å². The van der Waals surface area contributed by atoms with Crippen molar-refractivity contribution >= 4 is 5.97 Å². The van der Waals surface area contributed by atoms with E-state index in [0.29, 0.717) is 36.5 Å². The highest BCUT2D eigenvalue weighted by Gasteiger charge is 2.50. The number of ether oxygens (including phenoxy) is 5. The molecule has 0 bridgehead atoms. The van der Waals surface area contributed by atoms with Gasteiger partial charge in [0.1, 0.15) is 5.75 Å². The molecule has 42 heavy (non-hydrogen) atoms. The Kier molecular flexibility index (Phi) is 8.59. The van der Waals surface area contributed by atoms with Crippen LogP contribution >= 0.6 is 0 Å². The van der Waals surface area contributed by atoms with Crippen molar-refractivity contribution in [3.05, 3.63) is 106 Å². The fraction of sp³-hybridized carbons (Fsp3) is 0.303. The molecule has 0 amide bonds. The number of hydrogen-bond donors (Lipinski definition) is 1. The maximum absolute atomic E-state index is 13.2. The number of nitrogens with zero attached hydrogens (tertiary/aromatic N) is 2. The van der Waals surface area contributed by atoms with Crippen LogP contribution < -0.4 is 18.9 Å². The van der Waals surface area contributed by atoms with Crippen molar-refractivity contribution in [2.24, 2.45) is 0 Å². The van der Waals surface area contributed by atoms with Gasteiger partial charge in [-0.25, -0.2) is 4.79 Å². The van der Waals surface area contributed by atoms with Gasteiger partial charge < -0.3 is 28.8 Å². The maximum atomic E-state index is 13.2. The van der Waals surface area contributed by atoms with Gasteiger partial charge in [0.15, 0.2) is 5.60 Å². The van der Waals surface area contributed by atoms with Gasteiger partial charge >= 0.3 is 12.0 Å². The predicted octanol–water partition coefficient (Wildman–Crippen LogP) is 5.08. The largest absolute Gasteiger partial charge is 0.497 e. The second-order valence-corrected chi connectivity index (χ2v) is 10.1. The van der Waals surface area contributed by atoms with Gasteiger partial charge in [0.05, 0.1) is 33.0 Å². The zero-order chi connectivity index (χ0) is 29.7. The van der Waals surface area contributed by atoms with E-state index in [4.69, 9.17) is 23.7 Å². The van der Waals surface area contributed by atoms with Crippen LogP contribution in [0.4, 0.5) is 0 Å². The van der Waals surface area contributed by atoms with Crippen LogP contribution in [0.15, 0.2) is 72.8 Å². The van der Waals surface area contributed by atoms with Crippen LogP contribution in [-0.4, -0.2) is 54.6 Å². The molecule has 1 aliphatic heterocycles. The first kappa shape index (κ1) is 28.9. The smallest absolute Gasteiger partial charge is 0.348 e. The lowest BCUT2D eigenvalue weighted by molar-refractivity contribution is -0.164. The lowest BCUT2D eigenvalue weighted by Crippen LogP contribution is -2.51.